The fourth-order valence-electron chi connectivity index (χ4n) is 1.63. The van der Waals surface area contributed by atoms with Crippen molar-refractivity contribution in [1.82, 2.24) is 20.5 Å². The maximum Gasteiger partial charge on any atom is 0.141 e. The highest BCUT2D eigenvalue weighted by atomic mass is 79.9. The number of benzene rings is 1. The number of likely N-dealkylation sites (N-methyl/N-ethyl adjacent to an activating group) is 1. The number of halogens is 2. The highest BCUT2D eigenvalue weighted by Crippen LogP contribution is 2.20. The van der Waals surface area contributed by atoms with Crippen molar-refractivity contribution in [1.29, 1.82) is 0 Å². The Morgan fingerprint density at radius 2 is 2.35 bits per heavy atom. The van der Waals surface area contributed by atoms with E-state index in [2.05, 4.69) is 36.4 Å². The largest absolute Gasteiger partial charge is 0.310 e. The molecule has 1 heterocycles. The summed E-state index contributed by atoms with van der Waals surface area (Å²) in [7, 11) is 1.81. The second-order valence-electron chi connectivity index (χ2n) is 3.65. The Labute approximate surface area is 107 Å². The van der Waals surface area contributed by atoms with Crippen LogP contribution in [0.1, 0.15) is 17.4 Å². The first-order valence-electron chi connectivity index (χ1n) is 5.17. The van der Waals surface area contributed by atoms with Gasteiger partial charge in [0.15, 0.2) is 0 Å². The van der Waals surface area contributed by atoms with Gasteiger partial charge in [-0.25, -0.2) is 9.37 Å². The lowest BCUT2D eigenvalue weighted by Crippen LogP contribution is -2.20. The molecule has 1 aromatic carbocycles. The lowest BCUT2D eigenvalue weighted by Gasteiger charge is -2.13. The van der Waals surface area contributed by atoms with Gasteiger partial charge < -0.3 is 5.32 Å². The Morgan fingerprint density at radius 3 is 2.94 bits per heavy atom. The quantitative estimate of drug-likeness (QED) is 0.910. The standard InChI is InChI=1S/C11H12BrFN4/c1-14-10(11-15-6-16-17-11)4-7-2-3-8(12)5-9(7)13/h2-3,5-6,10,14H,4H2,1H3,(H,15,16,17). The predicted octanol–water partition coefficient (Wildman–Crippen LogP) is 2.21. The van der Waals surface area contributed by atoms with Gasteiger partial charge in [0.05, 0.1) is 6.04 Å². The van der Waals surface area contributed by atoms with Crippen molar-refractivity contribution in [3.8, 4) is 0 Å². The van der Waals surface area contributed by atoms with E-state index in [1.54, 1.807) is 6.07 Å². The molecule has 0 radical (unpaired) electrons. The van der Waals surface area contributed by atoms with Crippen molar-refractivity contribution < 1.29 is 4.39 Å². The van der Waals surface area contributed by atoms with E-state index in [-0.39, 0.29) is 11.9 Å². The number of nitrogens with zero attached hydrogens (tertiary/aromatic N) is 2. The molecule has 90 valence electrons. The Kier molecular flexibility index (Phi) is 3.86. The molecule has 0 spiro atoms. The summed E-state index contributed by atoms with van der Waals surface area (Å²) in [6.07, 6.45) is 1.96. The van der Waals surface area contributed by atoms with Crippen LogP contribution in [0.4, 0.5) is 4.39 Å². The molecule has 2 rings (SSSR count). The number of nitrogens with one attached hydrogen (secondary N) is 2. The summed E-state index contributed by atoms with van der Waals surface area (Å²) < 4.78 is 14.4. The minimum absolute atomic E-state index is 0.0758. The van der Waals surface area contributed by atoms with Gasteiger partial charge in [-0.05, 0) is 31.2 Å². The summed E-state index contributed by atoms with van der Waals surface area (Å²) in [6.45, 7) is 0. The van der Waals surface area contributed by atoms with Crippen LogP contribution in [-0.2, 0) is 6.42 Å². The van der Waals surface area contributed by atoms with Crippen LogP contribution in [0.2, 0.25) is 0 Å². The summed E-state index contributed by atoms with van der Waals surface area (Å²) >= 11 is 3.23. The van der Waals surface area contributed by atoms with Crippen LogP contribution in [0.3, 0.4) is 0 Å². The Hall–Kier alpha value is -1.27. The van der Waals surface area contributed by atoms with Gasteiger partial charge in [0.1, 0.15) is 18.0 Å². The monoisotopic (exact) mass is 298 g/mol. The molecule has 1 atom stereocenters. The molecule has 0 aliphatic carbocycles. The maximum atomic E-state index is 13.7. The van der Waals surface area contributed by atoms with Crippen LogP contribution in [-0.4, -0.2) is 22.2 Å². The van der Waals surface area contributed by atoms with Crippen molar-refractivity contribution in [2.45, 2.75) is 12.5 Å². The van der Waals surface area contributed by atoms with Crippen LogP contribution in [0.15, 0.2) is 29.0 Å². The summed E-state index contributed by atoms with van der Waals surface area (Å²) in [5, 5.41) is 9.66. The molecule has 2 aromatic rings. The number of aromatic nitrogens is 3. The molecule has 0 fully saturated rings. The van der Waals surface area contributed by atoms with Gasteiger partial charge in [0.2, 0.25) is 0 Å². The third kappa shape index (κ3) is 2.89. The van der Waals surface area contributed by atoms with Gasteiger partial charge in [0.25, 0.3) is 0 Å². The van der Waals surface area contributed by atoms with Crippen LogP contribution in [0, 0.1) is 5.82 Å². The molecule has 2 N–H and O–H groups in total. The highest BCUT2D eigenvalue weighted by Gasteiger charge is 2.15. The molecule has 6 heteroatoms. The normalized spacial score (nSPS) is 12.6. The Bertz CT molecular complexity index is 486. The molecule has 1 aromatic heterocycles. The molecular formula is C11H12BrFN4. The first-order chi connectivity index (χ1) is 8.20. The SMILES string of the molecule is CNC(Cc1ccc(Br)cc1F)c1ncn[nH]1. The Morgan fingerprint density at radius 1 is 1.53 bits per heavy atom. The average molecular weight is 299 g/mol. The minimum atomic E-state index is -0.223. The molecule has 0 bridgehead atoms. The van der Waals surface area contributed by atoms with E-state index in [9.17, 15) is 4.39 Å². The zero-order chi connectivity index (χ0) is 12.3. The molecule has 4 nitrogen and oxygen atoms in total. The molecule has 0 amide bonds. The molecule has 0 saturated carbocycles. The van der Waals surface area contributed by atoms with Gasteiger partial charge in [-0.15, -0.1) is 0 Å². The van der Waals surface area contributed by atoms with Crippen LogP contribution in [0.5, 0.6) is 0 Å². The number of hydrogen-bond acceptors (Lipinski definition) is 3. The molecular weight excluding hydrogens is 287 g/mol. The van der Waals surface area contributed by atoms with E-state index < -0.39 is 0 Å². The van der Waals surface area contributed by atoms with Crippen molar-refractivity contribution in [2.75, 3.05) is 7.05 Å². The Balaban J connectivity index is 2.19. The molecule has 0 saturated heterocycles. The second-order valence-corrected chi connectivity index (χ2v) is 4.57. The smallest absolute Gasteiger partial charge is 0.141 e. The number of rotatable bonds is 4. The van der Waals surface area contributed by atoms with Gasteiger partial charge in [-0.3, -0.25) is 5.10 Å². The predicted molar refractivity (Wildman–Crippen MR) is 66.0 cm³/mol. The third-order valence-electron chi connectivity index (χ3n) is 2.55. The van der Waals surface area contributed by atoms with E-state index in [1.807, 2.05) is 13.1 Å². The molecule has 17 heavy (non-hydrogen) atoms. The van der Waals surface area contributed by atoms with Gasteiger partial charge in [-0.2, -0.15) is 5.10 Å². The first kappa shape index (κ1) is 12.2. The van der Waals surface area contributed by atoms with Crippen molar-refractivity contribution in [2.24, 2.45) is 0 Å². The number of aromatic amines is 1. The van der Waals surface area contributed by atoms with Crippen LogP contribution < -0.4 is 5.32 Å². The maximum absolute atomic E-state index is 13.7. The lowest BCUT2D eigenvalue weighted by molar-refractivity contribution is 0.534. The summed E-state index contributed by atoms with van der Waals surface area (Å²) in [6, 6.07) is 4.97. The lowest BCUT2D eigenvalue weighted by atomic mass is 10.1. The molecule has 0 aliphatic rings. The van der Waals surface area contributed by atoms with Gasteiger partial charge in [-0.1, -0.05) is 22.0 Å². The van der Waals surface area contributed by atoms with E-state index in [4.69, 9.17) is 0 Å². The third-order valence-corrected chi connectivity index (χ3v) is 3.04. The fourth-order valence-corrected chi connectivity index (χ4v) is 1.96. The fraction of sp³-hybridized carbons (Fsp3) is 0.273. The van der Waals surface area contributed by atoms with Gasteiger partial charge in [0, 0.05) is 4.47 Å². The summed E-state index contributed by atoms with van der Waals surface area (Å²) in [5.74, 6) is 0.481. The van der Waals surface area contributed by atoms with E-state index in [1.165, 1.54) is 12.4 Å². The van der Waals surface area contributed by atoms with Crippen LogP contribution >= 0.6 is 15.9 Å². The second kappa shape index (κ2) is 5.37. The highest BCUT2D eigenvalue weighted by molar-refractivity contribution is 9.10. The number of H-pyrrole nitrogens is 1. The van der Waals surface area contributed by atoms with Crippen LogP contribution in [0.25, 0.3) is 0 Å². The van der Waals surface area contributed by atoms with E-state index in [0.717, 1.165) is 4.47 Å². The van der Waals surface area contributed by atoms with E-state index >= 15 is 0 Å². The summed E-state index contributed by atoms with van der Waals surface area (Å²) in [4.78, 5) is 4.07. The summed E-state index contributed by atoms with van der Waals surface area (Å²) in [5.41, 5.74) is 0.643. The molecule has 1 unspecified atom stereocenters. The zero-order valence-electron chi connectivity index (χ0n) is 9.24. The average Bonchev–Trinajstić information content (AvgIpc) is 2.81. The minimum Gasteiger partial charge on any atom is -0.310 e. The van der Waals surface area contributed by atoms with E-state index in [0.29, 0.717) is 17.8 Å². The zero-order valence-corrected chi connectivity index (χ0v) is 10.8. The van der Waals surface area contributed by atoms with Gasteiger partial charge >= 0.3 is 0 Å². The van der Waals surface area contributed by atoms with Crippen molar-refractivity contribution >= 4 is 15.9 Å². The topological polar surface area (TPSA) is 53.6 Å². The molecule has 0 aliphatic heterocycles. The van der Waals surface area contributed by atoms with Crippen molar-refractivity contribution in [3.63, 3.8) is 0 Å². The van der Waals surface area contributed by atoms with Crippen molar-refractivity contribution in [3.05, 3.63) is 46.2 Å². The number of hydrogen-bond donors (Lipinski definition) is 2. The first-order valence-corrected chi connectivity index (χ1v) is 5.96.